The Kier molecular flexibility index (Phi) is 5.52. The molecule has 128 valence electrons. The first-order chi connectivity index (χ1) is 11.6. The number of rotatable bonds is 4. The van der Waals surface area contributed by atoms with Crippen molar-refractivity contribution in [2.24, 2.45) is 5.92 Å². The van der Waals surface area contributed by atoms with Crippen LogP contribution >= 0.6 is 11.3 Å². The zero-order valence-electron chi connectivity index (χ0n) is 14.1. The third-order valence-electron chi connectivity index (χ3n) is 4.14. The average Bonchev–Trinajstić information content (AvgIpc) is 2.76. The third-order valence-corrected chi connectivity index (χ3v) is 5.22. The summed E-state index contributed by atoms with van der Waals surface area (Å²) < 4.78 is 5.69. The maximum Gasteiger partial charge on any atom is 0.227 e. The van der Waals surface area contributed by atoms with Gasteiger partial charge in [0, 0.05) is 35.8 Å². The largest absolute Gasteiger partial charge is 0.379 e. The lowest BCUT2D eigenvalue weighted by Gasteiger charge is -2.23. The van der Waals surface area contributed by atoms with Gasteiger partial charge in [-0.1, -0.05) is 0 Å². The minimum absolute atomic E-state index is 0.153. The molecular weight excluding hydrogens is 324 g/mol. The van der Waals surface area contributed by atoms with Gasteiger partial charge in [-0.3, -0.25) is 4.79 Å². The van der Waals surface area contributed by atoms with E-state index in [4.69, 9.17) is 4.74 Å². The number of carbonyl (C=O) groups excluding carboxylic acids is 1. The second-order valence-electron chi connectivity index (χ2n) is 6.10. The van der Waals surface area contributed by atoms with Gasteiger partial charge >= 0.3 is 0 Å². The quantitative estimate of drug-likeness (QED) is 0.844. The number of thiazole rings is 1. The molecule has 2 aromatic rings. The molecule has 0 spiro atoms. The highest BCUT2D eigenvalue weighted by Gasteiger charge is 2.24. The van der Waals surface area contributed by atoms with Crippen molar-refractivity contribution in [2.75, 3.05) is 26.3 Å². The lowest BCUT2D eigenvalue weighted by atomic mass is 10.0. The van der Waals surface area contributed by atoms with Gasteiger partial charge in [0.25, 0.3) is 0 Å². The zero-order valence-corrected chi connectivity index (χ0v) is 14.9. The highest BCUT2D eigenvalue weighted by Crippen LogP contribution is 2.20. The molecule has 0 radical (unpaired) electrons. The molecule has 1 aliphatic heterocycles. The van der Waals surface area contributed by atoms with E-state index in [9.17, 15) is 4.79 Å². The topological polar surface area (TPSA) is 68.2 Å². The van der Waals surface area contributed by atoms with Gasteiger partial charge in [-0.2, -0.15) is 0 Å². The Morgan fingerprint density at radius 2 is 2.33 bits per heavy atom. The zero-order chi connectivity index (χ0) is 16.9. The van der Waals surface area contributed by atoms with Gasteiger partial charge in [0.15, 0.2) is 0 Å². The van der Waals surface area contributed by atoms with Gasteiger partial charge in [0.2, 0.25) is 5.91 Å². The van der Waals surface area contributed by atoms with Gasteiger partial charge in [0.1, 0.15) is 6.33 Å². The van der Waals surface area contributed by atoms with E-state index in [2.05, 4.69) is 15.0 Å². The molecule has 1 atom stereocenters. The van der Waals surface area contributed by atoms with E-state index < -0.39 is 0 Å². The van der Waals surface area contributed by atoms with Crippen LogP contribution in [0.1, 0.15) is 21.3 Å². The van der Waals surface area contributed by atoms with Crippen LogP contribution in [0.25, 0.3) is 0 Å². The molecule has 24 heavy (non-hydrogen) atoms. The summed E-state index contributed by atoms with van der Waals surface area (Å²) in [6.45, 7) is 6.55. The van der Waals surface area contributed by atoms with Gasteiger partial charge in [-0.15, -0.1) is 11.3 Å². The second-order valence-corrected chi connectivity index (χ2v) is 7.39. The van der Waals surface area contributed by atoms with Crippen molar-refractivity contribution >= 4 is 17.2 Å². The van der Waals surface area contributed by atoms with Crippen molar-refractivity contribution in [1.29, 1.82) is 0 Å². The molecule has 2 aromatic heterocycles. The van der Waals surface area contributed by atoms with Crippen molar-refractivity contribution in [3.63, 3.8) is 0 Å². The summed E-state index contributed by atoms with van der Waals surface area (Å²) in [5, 5.41) is 1.01. The predicted octanol–water partition coefficient (Wildman–Crippen LogP) is 1.81. The number of hydrogen-bond donors (Lipinski definition) is 0. The SMILES string of the molecule is Cc1nc(C)c(CC(=O)N2CCOC[C@H](Cc3ccncn3)C2)s1. The number of aryl methyl sites for hydroxylation is 2. The Labute approximate surface area is 145 Å². The summed E-state index contributed by atoms with van der Waals surface area (Å²) in [4.78, 5) is 28.3. The summed E-state index contributed by atoms with van der Waals surface area (Å²) in [5.41, 5.74) is 1.95. The molecule has 6 nitrogen and oxygen atoms in total. The number of amides is 1. The van der Waals surface area contributed by atoms with Crippen LogP contribution in [-0.4, -0.2) is 52.1 Å². The highest BCUT2D eigenvalue weighted by molar-refractivity contribution is 7.11. The molecule has 7 heteroatoms. The van der Waals surface area contributed by atoms with Crippen molar-refractivity contribution in [1.82, 2.24) is 19.9 Å². The van der Waals surface area contributed by atoms with Crippen molar-refractivity contribution < 1.29 is 9.53 Å². The van der Waals surface area contributed by atoms with Crippen LogP contribution in [0.3, 0.4) is 0 Å². The molecule has 1 fully saturated rings. The number of carbonyl (C=O) groups is 1. The fourth-order valence-electron chi connectivity index (χ4n) is 2.95. The smallest absolute Gasteiger partial charge is 0.227 e. The van der Waals surface area contributed by atoms with Crippen LogP contribution in [0.2, 0.25) is 0 Å². The van der Waals surface area contributed by atoms with E-state index in [1.165, 1.54) is 0 Å². The van der Waals surface area contributed by atoms with E-state index in [0.29, 0.717) is 32.7 Å². The van der Waals surface area contributed by atoms with Crippen LogP contribution in [0.15, 0.2) is 18.6 Å². The van der Waals surface area contributed by atoms with E-state index in [-0.39, 0.29) is 11.8 Å². The minimum Gasteiger partial charge on any atom is -0.379 e. The average molecular weight is 346 g/mol. The number of nitrogens with zero attached hydrogens (tertiary/aromatic N) is 4. The second kappa shape index (κ2) is 7.81. The maximum atomic E-state index is 12.7. The number of aromatic nitrogens is 3. The molecule has 1 aliphatic rings. The monoisotopic (exact) mass is 346 g/mol. The lowest BCUT2D eigenvalue weighted by Crippen LogP contribution is -2.37. The Bertz CT molecular complexity index is 689. The predicted molar refractivity (Wildman–Crippen MR) is 91.9 cm³/mol. The normalized spacial score (nSPS) is 18.4. The van der Waals surface area contributed by atoms with Crippen LogP contribution < -0.4 is 0 Å². The summed E-state index contributed by atoms with van der Waals surface area (Å²) >= 11 is 1.61. The van der Waals surface area contributed by atoms with Gasteiger partial charge in [0.05, 0.1) is 30.3 Å². The molecule has 3 heterocycles. The third kappa shape index (κ3) is 4.36. The van der Waals surface area contributed by atoms with E-state index >= 15 is 0 Å². The summed E-state index contributed by atoms with van der Waals surface area (Å²) in [6.07, 6.45) is 4.53. The van der Waals surface area contributed by atoms with Crippen molar-refractivity contribution in [3.05, 3.63) is 39.9 Å². The number of ether oxygens (including phenoxy) is 1. The molecule has 0 bridgehead atoms. The summed E-state index contributed by atoms with van der Waals surface area (Å²) in [7, 11) is 0. The standard InChI is InChI=1S/C17H22N4O2S/c1-12-16(24-13(2)20-12)8-17(22)21-5-6-23-10-14(9-21)7-15-3-4-18-11-19-15/h3-4,11,14H,5-10H2,1-2H3/t14-/m1/s1. The van der Waals surface area contributed by atoms with Crippen LogP contribution in [0.4, 0.5) is 0 Å². The Balaban J connectivity index is 1.63. The fraction of sp³-hybridized carbons (Fsp3) is 0.529. The Hall–Kier alpha value is -1.86. The molecule has 0 aromatic carbocycles. The fourth-order valence-corrected chi connectivity index (χ4v) is 3.88. The summed E-state index contributed by atoms with van der Waals surface area (Å²) in [6, 6.07) is 1.92. The molecular formula is C17H22N4O2S. The molecule has 1 saturated heterocycles. The van der Waals surface area contributed by atoms with E-state index in [1.807, 2.05) is 24.8 Å². The van der Waals surface area contributed by atoms with Gasteiger partial charge < -0.3 is 9.64 Å². The summed E-state index contributed by atoms with van der Waals surface area (Å²) in [5.74, 6) is 0.413. The molecule has 1 amide bonds. The Morgan fingerprint density at radius 1 is 1.46 bits per heavy atom. The van der Waals surface area contributed by atoms with Crippen molar-refractivity contribution in [3.8, 4) is 0 Å². The first-order valence-corrected chi connectivity index (χ1v) is 8.97. The first kappa shape index (κ1) is 17.0. The van der Waals surface area contributed by atoms with Crippen molar-refractivity contribution in [2.45, 2.75) is 26.7 Å². The lowest BCUT2D eigenvalue weighted by molar-refractivity contribution is -0.130. The Morgan fingerprint density at radius 3 is 3.04 bits per heavy atom. The van der Waals surface area contributed by atoms with E-state index in [1.54, 1.807) is 23.9 Å². The molecule has 0 saturated carbocycles. The molecule has 3 rings (SSSR count). The molecule has 0 aliphatic carbocycles. The number of hydrogen-bond acceptors (Lipinski definition) is 6. The maximum absolute atomic E-state index is 12.7. The van der Waals surface area contributed by atoms with Crippen LogP contribution in [-0.2, 0) is 22.4 Å². The first-order valence-electron chi connectivity index (χ1n) is 8.15. The molecule has 0 N–H and O–H groups in total. The highest BCUT2D eigenvalue weighted by atomic mass is 32.1. The minimum atomic E-state index is 0.153. The van der Waals surface area contributed by atoms with Crippen LogP contribution in [0, 0.1) is 19.8 Å². The molecule has 0 unspecified atom stereocenters. The van der Waals surface area contributed by atoms with Crippen LogP contribution in [0.5, 0.6) is 0 Å². The van der Waals surface area contributed by atoms with E-state index in [0.717, 1.165) is 27.7 Å². The van der Waals surface area contributed by atoms with Gasteiger partial charge in [-0.25, -0.2) is 15.0 Å². The van der Waals surface area contributed by atoms with Gasteiger partial charge in [-0.05, 0) is 26.3 Å².